The Bertz CT molecular complexity index is 94.9. The van der Waals surface area contributed by atoms with E-state index in [2.05, 4.69) is 6.92 Å². The first-order chi connectivity index (χ1) is 7.41. The third kappa shape index (κ3) is 16.7. The Hall–Kier alpha value is 0.250. The van der Waals surface area contributed by atoms with E-state index in [1.54, 1.807) is 0 Å². The Morgan fingerprint density at radius 1 is 0.562 bits per heavy atom. The van der Waals surface area contributed by atoms with Crippen LogP contribution in [-0.2, 0) is 0 Å². The summed E-state index contributed by atoms with van der Waals surface area (Å²) in [5, 5.41) is 8.61. The van der Waals surface area contributed by atoms with Crippen molar-refractivity contribution in [3.05, 3.63) is 0 Å². The van der Waals surface area contributed by atoms with Gasteiger partial charge in [0.2, 0.25) is 0 Å². The highest BCUT2D eigenvalue weighted by Gasteiger charge is 1.92. The minimum atomic E-state index is 0. The monoisotopic (exact) mass is 250 g/mol. The summed E-state index contributed by atoms with van der Waals surface area (Å²) in [6.07, 6.45) is 16.2. The normalized spacial score (nSPS) is 10.1. The molecule has 0 amide bonds. The number of unbranched alkanes of at least 4 members (excludes halogenated alkanes) is 11. The molecule has 0 spiro atoms. The summed E-state index contributed by atoms with van der Waals surface area (Å²) in [6.45, 7) is 2.64. The lowest BCUT2D eigenvalue weighted by molar-refractivity contribution is 0.282. The average Bonchev–Trinajstić information content (AvgIpc) is 2.26. The summed E-state index contributed by atoms with van der Waals surface area (Å²) in [5.74, 6) is 0. The van der Waals surface area contributed by atoms with Crippen molar-refractivity contribution in [3.63, 3.8) is 0 Å². The topological polar surface area (TPSA) is 20.2 Å². The molecule has 2 heteroatoms. The van der Waals surface area contributed by atoms with Gasteiger partial charge in [-0.15, -0.1) is 12.4 Å². The van der Waals surface area contributed by atoms with Crippen molar-refractivity contribution in [1.29, 1.82) is 0 Å². The van der Waals surface area contributed by atoms with Gasteiger partial charge in [0.25, 0.3) is 0 Å². The third-order valence-electron chi connectivity index (χ3n) is 3.01. The maximum absolute atomic E-state index is 8.61. The molecule has 0 aromatic heterocycles. The maximum Gasteiger partial charge on any atom is 0.0431 e. The predicted octanol–water partition coefficient (Wildman–Crippen LogP) is 5.10. The SMILES string of the molecule is CCCCCCCCCCCCCCO.Cl. The van der Waals surface area contributed by atoms with Crippen LogP contribution in [0.25, 0.3) is 0 Å². The van der Waals surface area contributed by atoms with Crippen LogP contribution in [0, 0.1) is 0 Å². The van der Waals surface area contributed by atoms with Gasteiger partial charge in [-0.3, -0.25) is 0 Å². The molecule has 100 valence electrons. The van der Waals surface area contributed by atoms with E-state index >= 15 is 0 Å². The zero-order chi connectivity index (χ0) is 11.2. The molecule has 0 unspecified atom stereocenters. The van der Waals surface area contributed by atoms with Gasteiger partial charge in [-0.1, -0.05) is 77.6 Å². The molecule has 1 nitrogen and oxygen atoms in total. The van der Waals surface area contributed by atoms with Crippen molar-refractivity contribution in [2.75, 3.05) is 6.61 Å². The van der Waals surface area contributed by atoms with E-state index in [1.807, 2.05) is 0 Å². The van der Waals surface area contributed by atoms with E-state index in [0.29, 0.717) is 6.61 Å². The predicted molar refractivity (Wildman–Crippen MR) is 75.4 cm³/mol. The Labute approximate surface area is 108 Å². The van der Waals surface area contributed by atoms with Gasteiger partial charge in [0.05, 0.1) is 0 Å². The highest BCUT2D eigenvalue weighted by molar-refractivity contribution is 5.85. The highest BCUT2D eigenvalue weighted by Crippen LogP contribution is 2.11. The lowest BCUT2D eigenvalue weighted by Crippen LogP contribution is -1.84. The van der Waals surface area contributed by atoms with Gasteiger partial charge in [0.1, 0.15) is 0 Å². The summed E-state index contributed by atoms with van der Waals surface area (Å²) in [4.78, 5) is 0. The molecule has 0 aliphatic carbocycles. The number of rotatable bonds is 12. The first-order valence-corrected chi connectivity index (χ1v) is 7.02. The van der Waals surface area contributed by atoms with Gasteiger partial charge in [0.15, 0.2) is 0 Å². The second-order valence-corrected chi connectivity index (χ2v) is 4.61. The van der Waals surface area contributed by atoms with Crippen molar-refractivity contribution in [2.45, 2.75) is 84.0 Å². The fourth-order valence-corrected chi connectivity index (χ4v) is 1.95. The molecular formula is C14H31ClO. The second-order valence-electron chi connectivity index (χ2n) is 4.61. The fraction of sp³-hybridized carbons (Fsp3) is 1.00. The molecule has 0 radical (unpaired) electrons. The summed E-state index contributed by atoms with van der Waals surface area (Å²) in [7, 11) is 0. The molecule has 0 heterocycles. The second kappa shape index (κ2) is 17.6. The van der Waals surface area contributed by atoms with Crippen molar-refractivity contribution in [1.82, 2.24) is 0 Å². The lowest BCUT2D eigenvalue weighted by atomic mass is 10.1. The van der Waals surface area contributed by atoms with E-state index in [-0.39, 0.29) is 12.4 Å². The van der Waals surface area contributed by atoms with Crippen LogP contribution in [0.3, 0.4) is 0 Å². The molecule has 0 atom stereocenters. The zero-order valence-corrected chi connectivity index (χ0v) is 11.9. The van der Waals surface area contributed by atoms with Gasteiger partial charge in [-0.05, 0) is 6.42 Å². The van der Waals surface area contributed by atoms with E-state index in [1.165, 1.54) is 70.6 Å². The van der Waals surface area contributed by atoms with Crippen LogP contribution in [0.2, 0.25) is 0 Å². The number of hydrogen-bond donors (Lipinski definition) is 1. The van der Waals surface area contributed by atoms with Crippen molar-refractivity contribution in [3.8, 4) is 0 Å². The minimum Gasteiger partial charge on any atom is -0.396 e. The smallest absolute Gasteiger partial charge is 0.0431 e. The van der Waals surface area contributed by atoms with E-state index in [0.717, 1.165) is 6.42 Å². The van der Waals surface area contributed by atoms with Crippen molar-refractivity contribution in [2.24, 2.45) is 0 Å². The molecule has 0 saturated carbocycles. The standard InChI is InChI=1S/C14H30O.ClH/c1-2-3-4-5-6-7-8-9-10-11-12-13-14-15;/h15H,2-14H2,1H3;1H. The van der Waals surface area contributed by atoms with Gasteiger partial charge < -0.3 is 5.11 Å². The number of aliphatic hydroxyl groups excluding tert-OH is 1. The quantitative estimate of drug-likeness (QED) is 0.478. The van der Waals surface area contributed by atoms with E-state index < -0.39 is 0 Å². The number of hydrogen-bond acceptors (Lipinski definition) is 1. The summed E-state index contributed by atoms with van der Waals surface area (Å²) in [5.41, 5.74) is 0. The molecule has 0 saturated heterocycles. The maximum atomic E-state index is 8.61. The average molecular weight is 251 g/mol. The molecular weight excluding hydrogens is 220 g/mol. The molecule has 0 fully saturated rings. The van der Waals surface area contributed by atoms with Gasteiger partial charge in [-0.2, -0.15) is 0 Å². The summed E-state index contributed by atoms with van der Waals surface area (Å²) >= 11 is 0. The van der Waals surface area contributed by atoms with Gasteiger partial charge in [0, 0.05) is 6.61 Å². The van der Waals surface area contributed by atoms with Gasteiger partial charge >= 0.3 is 0 Å². The zero-order valence-electron chi connectivity index (χ0n) is 11.0. The molecule has 0 bridgehead atoms. The Morgan fingerprint density at radius 3 is 1.19 bits per heavy atom. The fourth-order valence-electron chi connectivity index (χ4n) is 1.95. The van der Waals surface area contributed by atoms with Crippen LogP contribution >= 0.6 is 12.4 Å². The largest absolute Gasteiger partial charge is 0.396 e. The van der Waals surface area contributed by atoms with Crippen LogP contribution in [0.5, 0.6) is 0 Å². The van der Waals surface area contributed by atoms with Crippen LogP contribution in [0.15, 0.2) is 0 Å². The van der Waals surface area contributed by atoms with Crippen LogP contribution in [-0.4, -0.2) is 11.7 Å². The highest BCUT2D eigenvalue weighted by atomic mass is 35.5. The molecule has 0 rings (SSSR count). The van der Waals surface area contributed by atoms with E-state index in [4.69, 9.17) is 5.11 Å². The molecule has 0 aliphatic heterocycles. The summed E-state index contributed by atoms with van der Waals surface area (Å²) < 4.78 is 0. The van der Waals surface area contributed by atoms with Crippen molar-refractivity contribution >= 4 is 12.4 Å². The minimum absolute atomic E-state index is 0. The molecule has 0 aromatic rings. The molecule has 0 aromatic carbocycles. The van der Waals surface area contributed by atoms with E-state index in [9.17, 15) is 0 Å². The Kier molecular flexibility index (Phi) is 20.5. The molecule has 0 aliphatic rings. The Morgan fingerprint density at radius 2 is 0.875 bits per heavy atom. The first kappa shape index (κ1) is 18.6. The lowest BCUT2D eigenvalue weighted by Gasteiger charge is -2.01. The number of halogens is 1. The summed E-state index contributed by atoms with van der Waals surface area (Å²) in [6, 6.07) is 0. The van der Waals surface area contributed by atoms with Gasteiger partial charge in [-0.25, -0.2) is 0 Å². The van der Waals surface area contributed by atoms with Crippen molar-refractivity contribution < 1.29 is 5.11 Å². The van der Waals surface area contributed by atoms with Crippen LogP contribution in [0.4, 0.5) is 0 Å². The number of aliphatic hydroxyl groups is 1. The molecule has 16 heavy (non-hydrogen) atoms. The Balaban J connectivity index is 0. The van der Waals surface area contributed by atoms with Crippen LogP contribution in [0.1, 0.15) is 84.0 Å². The van der Waals surface area contributed by atoms with Crippen LogP contribution < -0.4 is 0 Å². The third-order valence-corrected chi connectivity index (χ3v) is 3.01. The first-order valence-electron chi connectivity index (χ1n) is 7.02. The molecule has 1 N–H and O–H groups in total.